The Morgan fingerprint density at radius 2 is 1.45 bits per heavy atom. The van der Waals surface area contributed by atoms with Crippen molar-refractivity contribution in [1.82, 2.24) is 0 Å². The molecular weight excluding hydrogens is 256 g/mol. The van der Waals surface area contributed by atoms with Crippen LogP contribution in [-0.2, 0) is 14.3 Å². The van der Waals surface area contributed by atoms with Gasteiger partial charge >= 0.3 is 11.9 Å². The van der Waals surface area contributed by atoms with Gasteiger partial charge in [0.25, 0.3) is 0 Å². The Kier molecular flexibility index (Phi) is 3.99. The third kappa shape index (κ3) is 2.99. The van der Waals surface area contributed by atoms with Crippen molar-refractivity contribution < 1.29 is 19.4 Å². The summed E-state index contributed by atoms with van der Waals surface area (Å²) in [5.41, 5.74) is 0. The fourth-order valence-electron chi connectivity index (χ4n) is 4.82. The molecule has 4 heteroatoms. The average molecular weight is 280 g/mol. The number of hydrogen-bond acceptors (Lipinski definition) is 3. The van der Waals surface area contributed by atoms with Crippen LogP contribution in [0.2, 0.25) is 0 Å². The highest BCUT2D eigenvalue weighted by Crippen LogP contribution is 2.54. The van der Waals surface area contributed by atoms with E-state index >= 15 is 0 Å². The average Bonchev–Trinajstić information content (AvgIpc) is 2.38. The molecule has 4 fully saturated rings. The topological polar surface area (TPSA) is 63.6 Å². The maximum atomic E-state index is 11.9. The summed E-state index contributed by atoms with van der Waals surface area (Å²) in [6, 6.07) is 0. The van der Waals surface area contributed by atoms with Crippen LogP contribution in [0.25, 0.3) is 0 Å². The van der Waals surface area contributed by atoms with Crippen LogP contribution in [-0.4, -0.2) is 23.1 Å². The van der Waals surface area contributed by atoms with Crippen LogP contribution in [0.5, 0.6) is 0 Å². The molecule has 0 aliphatic heterocycles. The van der Waals surface area contributed by atoms with Crippen LogP contribution in [0.3, 0.4) is 0 Å². The van der Waals surface area contributed by atoms with Gasteiger partial charge in [-0.05, 0) is 68.6 Å². The molecule has 1 N–H and O–H groups in total. The Balaban J connectivity index is 1.44. The Morgan fingerprint density at radius 3 is 2.00 bits per heavy atom. The molecule has 0 saturated heterocycles. The number of carbonyl (C=O) groups is 2. The van der Waals surface area contributed by atoms with Gasteiger partial charge < -0.3 is 9.84 Å². The number of ether oxygens (including phenoxy) is 1. The zero-order chi connectivity index (χ0) is 14.1. The maximum Gasteiger partial charge on any atom is 0.306 e. The van der Waals surface area contributed by atoms with E-state index in [1.54, 1.807) is 0 Å². The van der Waals surface area contributed by atoms with Gasteiger partial charge in [-0.1, -0.05) is 0 Å². The lowest BCUT2D eigenvalue weighted by Gasteiger charge is -2.53. The van der Waals surface area contributed by atoms with Gasteiger partial charge in [-0.15, -0.1) is 0 Å². The second kappa shape index (κ2) is 5.74. The zero-order valence-electron chi connectivity index (χ0n) is 11.9. The standard InChI is InChI=1S/C16H24O4/c17-14(18)3-1-2-4-15(19)20-16-12-6-10-5-11(8-12)9-13(16)7-10/h10-13,16H,1-9H2,(H,17,18). The Hall–Kier alpha value is -1.06. The summed E-state index contributed by atoms with van der Waals surface area (Å²) < 4.78 is 5.75. The summed E-state index contributed by atoms with van der Waals surface area (Å²) >= 11 is 0. The minimum atomic E-state index is -0.792. The highest BCUT2D eigenvalue weighted by Gasteiger charge is 2.49. The van der Waals surface area contributed by atoms with Crippen LogP contribution < -0.4 is 0 Å². The highest BCUT2D eigenvalue weighted by atomic mass is 16.5. The van der Waals surface area contributed by atoms with E-state index < -0.39 is 5.97 Å². The fraction of sp³-hybridized carbons (Fsp3) is 0.875. The third-order valence-electron chi connectivity index (χ3n) is 5.43. The summed E-state index contributed by atoms with van der Waals surface area (Å²) in [4.78, 5) is 22.3. The molecule has 20 heavy (non-hydrogen) atoms. The lowest BCUT2D eigenvalue weighted by atomic mass is 9.55. The first kappa shape index (κ1) is 13.9. The van der Waals surface area contributed by atoms with Gasteiger partial charge in [0.1, 0.15) is 6.10 Å². The monoisotopic (exact) mass is 280 g/mol. The third-order valence-corrected chi connectivity index (χ3v) is 5.43. The first-order valence-electron chi connectivity index (χ1n) is 8.03. The van der Waals surface area contributed by atoms with Crippen LogP contribution in [0.4, 0.5) is 0 Å². The SMILES string of the molecule is O=C(O)CCCCC(=O)OC1C2CC3CC(C2)CC1C3. The predicted octanol–water partition coefficient (Wildman–Crippen LogP) is 3.00. The minimum Gasteiger partial charge on any atom is -0.481 e. The van der Waals surface area contributed by atoms with Gasteiger partial charge in [-0.3, -0.25) is 9.59 Å². The number of unbranched alkanes of at least 4 members (excludes halogenated alkanes) is 1. The van der Waals surface area contributed by atoms with Gasteiger partial charge in [-0.25, -0.2) is 0 Å². The van der Waals surface area contributed by atoms with Crippen molar-refractivity contribution in [2.75, 3.05) is 0 Å². The van der Waals surface area contributed by atoms with E-state index in [9.17, 15) is 9.59 Å². The number of aliphatic carboxylic acids is 1. The highest BCUT2D eigenvalue weighted by molar-refractivity contribution is 5.70. The Labute approximate surface area is 119 Å². The molecule has 112 valence electrons. The quantitative estimate of drug-likeness (QED) is 0.600. The number of carboxylic acid groups (broad SMARTS) is 1. The fourth-order valence-corrected chi connectivity index (χ4v) is 4.82. The molecule has 4 bridgehead atoms. The van der Waals surface area contributed by atoms with Crippen LogP contribution >= 0.6 is 0 Å². The van der Waals surface area contributed by atoms with Crippen molar-refractivity contribution in [2.45, 2.75) is 63.9 Å². The van der Waals surface area contributed by atoms with Crippen LogP contribution in [0.1, 0.15) is 57.8 Å². The minimum absolute atomic E-state index is 0.118. The lowest BCUT2D eigenvalue weighted by Crippen LogP contribution is -2.50. The van der Waals surface area contributed by atoms with Gasteiger partial charge in [0, 0.05) is 12.8 Å². The van der Waals surface area contributed by atoms with E-state index in [1.165, 1.54) is 32.1 Å². The summed E-state index contributed by atoms with van der Waals surface area (Å²) in [5, 5.41) is 8.56. The van der Waals surface area contributed by atoms with Crippen molar-refractivity contribution in [1.29, 1.82) is 0 Å². The van der Waals surface area contributed by atoms with E-state index in [-0.39, 0.29) is 18.5 Å². The molecule has 0 atom stereocenters. The van der Waals surface area contributed by atoms with Crippen molar-refractivity contribution in [3.63, 3.8) is 0 Å². The first-order chi connectivity index (χ1) is 9.61. The molecule has 4 saturated carbocycles. The molecule has 4 rings (SSSR count). The van der Waals surface area contributed by atoms with Crippen molar-refractivity contribution >= 4 is 11.9 Å². The molecule has 0 spiro atoms. The first-order valence-corrected chi connectivity index (χ1v) is 8.03. The zero-order valence-corrected chi connectivity index (χ0v) is 11.9. The van der Waals surface area contributed by atoms with E-state index in [0.29, 0.717) is 31.1 Å². The smallest absolute Gasteiger partial charge is 0.306 e. The molecule has 0 aromatic carbocycles. The lowest BCUT2D eigenvalue weighted by molar-refractivity contribution is -0.170. The summed E-state index contributed by atoms with van der Waals surface area (Å²) in [5.74, 6) is 2.08. The number of rotatable bonds is 6. The van der Waals surface area contributed by atoms with Crippen molar-refractivity contribution in [3.8, 4) is 0 Å². The van der Waals surface area contributed by atoms with Gasteiger partial charge in [0.2, 0.25) is 0 Å². The van der Waals surface area contributed by atoms with Crippen LogP contribution in [0, 0.1) is 23.7 Å². The van der Waals surface area contributed by atoms with Crippen molar-refractivity contribution in [3.05, 3.63) is 0 Å². The summed E-state index contributed by atoms with van der Waals surface area (Å²) in [7, 11) is 0. The maximum absolute atomic E-state index is 11.9. The van der Waals surface area contributed by atoms with Gasteiger partial charge in [0.05, 0.1) is 0 Å². The molecule has 4 nitrogen and oxygen atoms in total. The number of esters is 1. The normalized spacial score (nSPS) is 37.9. The second-order valence-electron chi connectivity index (χ2n) is 6.99. The molecule has 0 heterocycles. The largest absolute Gasteiger partial charge is 0.481 e. The van der Waals surface area contributed by atoms with Gasteiger partial charge in [0.15, 0.2) is 0 Å². The molecular formula is C16H24O4. The molecule has 4 aliphatic rings. The number of carbonyl (C=O) groups excluding carboxylic acids is 1. The van der Waals surface area contributed by atoms with E-state index in [0.717, 1.165) is 11.8 Å². The molecule has 0 unspecified atom stereocenters. The molecule has 0 radical (unpaired) electrons. The Bertz CT molecular complexity index is 362. The van der Waals surface area contributed by atoms with Gasteiger partial charge in [-0.2, -0.15) is 0 Å². The summed E-state index contributed by atoms with van der Waals surface area (Å²) in [6.07, 6.45) is 8.28. The van der Waals surface area contributed by atoms with E-state index in [4.69, 9.17) is 9.84 Å². The van der Waals surface area contributed by atoms with E-state index in [1.807, 2.05) is 0 Å². The number of hydrogen-bond donors (Lipinski definition) is 1. The molecule has 0 amide bonds. The van der Waals surface area contributed by atoms with Crippen molar-refractivity contribution in [2.24, 2.45) is 23.7 Å². The van der Waals surface area contributed by atoms with E-state index in [2.05, 4.69) is 0 Å². The predicted molar refractivity (Wildman–Crippen MR) is 73.0 cm³/mol. The number of carboxylic acids is 1. The summed E-state index contributed by atoms with van der Waals surface area (Å²) in [6.45, 7) is 0. The molecule has 0 aromatic rings. The van der Waals surface area contributed by atoms with Crippen LogP contribution in [0.15, 0.2) is 0 Å². The molecule has 0 aromatic heterocycles. The molecule has 4 aliphatic carbocycles. The Morgan fingerprint density at radius 1 is 0.900 bits per heavy atom. The second-order valence-corrected chi connectivity index (χ2v) is 6.99.